The number of hydrogen-bond acceptors (Lipinski definition) is 2. The summed E-state index contributed by atoms with van der Waals surface area (Å²) < 4.78 is 0. The van der Waals surface area contributed by atoms with E-state index in [0.29, 0.717) is 12.6 Å². The first kappa shape index (κ1) is 15.0. The van der Waals surface area contributed by atoms with Crippen LogP contribution in [-0.2, 0) is 11.2 Å². The molecule has 0 aromatic heterocycles. The van der Waals surface area contributed by atoms with Crippen molar-refractivity contribution in [3.05, 3.63) is 35.9 Å². The van der Waals surface area contributed by atoms with E-state index >= 15 is 0 Å². The molecule has 0 spiro atoms. The van der Waals surface area contributed by atoms with Crippen LogP contribution in [0, 0.1) is 5.92 Å². The lowest BCUT2D eigenvalue weighted by molar-refractivity contribution is -0.135. The van der Waals surface area contributed by atoms with Crippen molar-refractivity contribution in [1.82, 2.24) is 4.90 Å². The Kier molecular flexibility index (Phi) is 5.60. The van der Waals surface area contributed by atoms with Crippen molar-refractivity contribution >= 4 is 5.91 Å². The Labute approximate surface area is 122 Å². The van der Waals surface area contributed by atoms with Crippen molar-refractivity contribution in [1.29, 1.82) is 0 Å². The van der Waals surface area contributed by atoms with Crippen molar-refractivity contribution in [2.24, 2.45) is 11.7 Å². The quantitative estimate of drug-likeness (QED) is 0.792. The molecule has 0 radical (unpaired) electrons. The largest absolute Gasteiger partial charge is 0.339 e. The monoisotopic (exact) mass is 274 g/mol. The van der Waals surface area contributed by atoms with Crippen molar-refractivity contribution in [2.75, 3.05) is 13.1 Å². The normalized spacial score (nSPS) is 15.9. The molecule has 110 valence electrons. The molecule has 1 atom stereocenters. The van der Waals surface area contributed by atoms with Crippen LogP contribution >= 0.6 is 0 Å². The van der Waals surface area contributed by atoms with Gasteiger partial charge < -0.3 is 10.6 Å². The fraction of sp³-hybridized carbons (Fsp3) is 0.588. The summed E-state index contributed by atoms with van der Waals surface area (Å²) in [6.45, 7) is 3.49. The van der Waals surface area contributed by atoms with Crippen LogP contribution < -0.4 is 5.73 Å². The van der Waals surface area contributed by atoms with Crippen molar-refractivity contribution in [3.63, 3.8) is 0 Å². The van der Waals surface area contributed by atoms with Gasteiger partial charge in [0.05, 0.1) is 5.92 Å². The van der Waals surface area contributed by atoms with Gasteiger partial charge in [-0.25, -0.2) is 0 Å². The predicted octanol–water partition coefficient (Wildman–Crippen LogP) is 2.60. The lowest BCUT2D eigenvalue weighted by Crippen LogP contribution is -2.42. The summed E-state index contributed by atoms with van der Waals surface area (Å²) in [4.78, 5) is 14.8. The molecule has 2 N–H and O–H groups in total. The number of benzene rings is 1. The van der Waals surface area contributed by atoms with Crippen LogP contribution in [0.15, 0.2) is 30.3 Å². The van der Waals surface area contributed by atoms with E-state index in [1.807, 2.05) is 18.2 Å². The maximum Gasteiger partial charge on any atom is 0.227 e. The van der Waals surface area contributed by atoms with Crippen LogP contribution in [0.2, 0.25) is 0 Å². The number of amides is 1. The summed E-state index contributed by atoms with van der Waals surface area (Å²) in [5.74, 6) is 0.183. The van der Waals surface area contributed by atoms with Gasteiger partial charge in [0.25, 0.3) is 0 Å². The van der Waals surface area contributed by atoms with Crippen LogP contribution in [0.1, 0.15) is 38.2 Å². The lowest BCUT2D eigenvalue weighted by atomic mass is 9.97. The Morgan fingerprint density at radius 2 is 2.05 bits per heavy atom. The molecule has 0 aliphatic heterocycles. The van der Waals surface area contributed by atoms with E-state index in [1.54, 1.807) is 0 Å². The Balaban J connectivity index is 1.99. The predicted molar refractivity (Wildman–Crippen MR) is 82.3 cm³/mol. The van der Waals surface area contributed by atoms with Gasteiger partial charge in [-0.05, 0) is 31.2 Å². The van der Waals surface area contributed by atoms with Gasteiger partial charge in [0.2, 0.25) is 5.91 Å². The lowest BCUT2D eigenvalue weighted by Gasteiger charge is -2.27. The molecule has 1 aromatic rings. The maximum absolute atomic E-state index is 12.7. The fourth-order valence-corrected chi connectivity index (χ4v) is 2.59. The minimum atomic E-state index is -0.0742. The summed E-state index contributed by atoms with van der Waals surface area (Å²) >= 11 is 0. The van der Waals surface area contributed by atoms with E-state index in [1.165, 1.54) is 5.56 Å². The van der Waals surface area contributed by atoms with Crippen molar-refractivity contribution in [3.8, 4) is 0 Å². The van der Waals surface area contributed by atoms with Gasteiger partial charge in [-0.1, -0.05) is 43.7 Å². The minimum Gasteiger partial charge on any atom is -0.339 e. The molecule has 1 aliphatic carbocycles. The third-order valence-corrected chi connectivity index (χ3v) is 3.98. The molecule has 3 nitrogen and oxygen atoms in total. The zero-order valence-corrected chi connectivity index (χ0v) is 12.4. The third kappa shape index (κ3) is 4.07. The van der Waals surface area contributed by atoms with Gasteiger partial charge in [0, 0.05) is 19.1 Å². The molecule has 1 amide bonds. The molecular formula is C17H26N2O. The van der Waals surface area contributed by atoms with Crippen LogP contribution in [0.25, 0.3) is 0 Å². The van der Waals surface area contributed by atoms with E-state index in [-0.39, 0.29) is 11.8 Å². The second kappa shape index (κ2) is 7.44. The van der Waals surface area contributed by atoms with Crippen LogP contribution in [0.5, 0.6) is 0 Å². The van der Waals surface area contributed by atoms with E-state index in [0.717, 1.165) is 38.6 Å². The van der Waals surface area contributed by atoms with E-state index in [2.05, 4.69) is 24.0 Å². The molecule has 20 heavy (non-hydrogen) atoms. The molecule has 1 fully saturated rings. The Morgan fingerprint density at radius 1 is 1.35 bits per heavy atom. The van der Waals surface area contributed by atoms with Crippen molar-refractivity contribution < 1.29 is 4.79 Å². The molecule has 0 bridgehead atoms. The number of hydrogen-bond donors (Lipinski definition) is 1. The standard InChI is InChI=1S/C17H26N2O/c1-2-3-11-19(16-9-10-16)17(20)15(13-18)12-14-7-5-4-6-8-14/h4-8,15-16H,2-3,9-13,18H2,1H3. The zero-order valence-electron chi connectivity index (χ0n) is 12.4. The van der Waals surface area contributed by atoms with Crippen LogP contribution in [-0.4, -0.2) is 29.9 Å². The Hall–Kier alpha value is -1.35. The first-order chi connectivity index (χ1) is 9.76. The average molecular weight is 274 g/mol. The summed E-state index contributed by atoms with van der Waals surface area (Å²) in [6.07, 6.45) is 5.30. The highest BCUT2D eigenvalue weighted by Crippen LogP contribution is 2.29. The number of nitrogens with two attached hydrogens (primary N) is 1. The first-order valence-electron chi connectivity index (χ1n) is 7.80. The molecule has 2 rings (SSSR count). The molecule has 1 aromatic carbocycles. The first-order valence-corrected chi connectivity index (χ1v) is 7.80. The summed E-state index contributed by atoms with van der Waals surface area (Å²) in [7, 11) is 0. The zero-order chi connectivity index (χ0) is 14.4. The van der Waals surface area contributed by atoms with Crippen molar-refractivity contribution in [2.45, 2.75) is 45.1 Å². The molecule has 1 aliphatic rings. The van der Waals surface area contributed by atoms with Gasteiger partial charge in [0.1, 0.15) is 0 Å². The number of rotatable bonds is 8. The number of carbonyl (C=O) groups is 1. The fourth-order valence-electron chi connectivity index (χ4n) is 2.59. The topological polar surface area (TPSA) is 46.3 Å². The highest BCUT2D eigenvalue weighted by Gasteiger charge is 2.34. The molecule has 0 saturated heterocycles. The van der Waals surface area contributed by atoms with Crippen LogP contribution in [0.4, 0.5) is 0 Å². The minimum absolute atomic E-state index is 0.0742. The molecule has 3 heteroatoms. The van der Waals surface area contributed by atoms with Gasteiger partial charge in [0.15, 0.2) is 0 Å². The average Bonchev–Trinajstić information content (AvgIpc) is 3.31. The second-order valence-electron chi connectivity index (χ2n) is 5.74. The van der Waals surface area contributed by atoms with E-state index in [9.17, 15) is 4.79 Å². The number of unbranched alkanes of at least 4 members (excludes halogenated alkanes) is 1. The highest BCUT2D eigenvalue weighted by molar-refractivity contribution is 5.80. The van der Waals surface area contributed by atoms with E-state index in [4.69, 9.17) is 5.73 Å². The second-order valence-corrected chi connectivity index (χ2v) is 5.74. The third-order valence-electron chi connectivity index (χ3n) is 3.98. The molecular weight excluding hydrogens is 248 g/mol. The Bertz CT molecular complexity index is 414. The van der Waals surface area contributed by atoms with Gasteiger partial charge in [-0.2, -0.15) is 0 Å². The van der Waals surface area contributed by atoms with Gasteiger partial charge in [-0.3, -0.25) is 4.79 Å². The number of nitrogens with zero attached hydrogens (tertiary/aromatic N) is 1. The summed E-state index contributed by atoms with van der Waals surface area (Å²) in [5.41, 5.74) is 7.06. The number of carbonyl (C=O) groups excluding carboxylic acids is 1. The summed E-state index contributed by atoms with van der Waals surface area (Å²) in [6, 6.07) is 10.7. The Morgan fingerprint density at radius 3 is 2.60 bits per heavy atom. The molecule has 1 unspecified atom stereocenters. The van der Waals surface area contributed by atoms with E-state index < -0.39 is 0 Å². The maximum atomic E-state index is 12.7. The van der Waals surface area contributed by atoms with Gasteiger partial charge >= 0.3 is 0 Å². The smallest absolute Gasteiger partial charge is 0.227 e. The SMILES string of the molecule is CCCCN(C(=O)C(CN)Cc1ccccc1)C1CC1. The van der Waals surface area contributed by atoms with Gasteiger partial charge in [-0.15, -0.1) is 0 Å². The molecule has 1 saturated carbocycles. The summed E-state index contributed by atoms with van der Waals surface area (Å²) in [5, 5.41) is 0. The highest BCUT2D eigenvalue weighted by atomic mass is 16.2. The van der Waals surface area contributed by atoms with Crippen LogP contribution in [0.3, 0.4) is 0 Å². The molecule has 0 heterocycles.